The van der Waals surface area contributed by atoms with Crippen molar-refractivity contribution in [1.82, 2.24) is 0 Å². The van der Waals surface area contributed by atoms with Gasteiger partial charge in [0.05, 0.1) is 5.75 Å². The molecule has 0 radical (unpaired) electrons. The first kappa shape index (κ1) is 10.2. The van der Waals surface area contributed by atoms with Crippen molar-refractivity contribution in [3.05, 3.63) is 22.6 Å². The summed E-state index contributed by atoms with van der Waals surface area (Å²) >= 11 is 0. The topological polar surface area (TPSA) is 84.6 Å². The van der Waals surface area contributed by atoms with Gasteiger partial charge in [-0.25, -0.2) is 13.2 Å². The average Bonchev–Trinajstić information content (AvgIpc) is 2.37. The van der Waals surface area contributed by atoms with Crippen LogP contribution in [0.4, 0.5) is 0 Å². The van der Waals surface area contributed by atoms with Crippen molar-refractivity contribution in [2.75, 3.05) is 5.75 Å². The van der Waals surface area contributed by atoms with E-state index < -0.39 is 15.8 Å². The Labute approximate surface area is 86.6 Å². The highest BCUT2D eigenvalue weighted by molar-refractivity contribution is 7.90. The first-order valence-electron chi connectivity index (χ1n) is 4.45. The number of aromatic carboxylic acids is 1. The van der Waals surface area contributed by atoms with Crippen LogP contribution in [0.1, 0.15) is 27.4 Å². The van der Waals surface area contributed by atoms with Gasteiger partial charge in [-0.15, -0.1) is 0 Å². The van der Waals surface area contributed by atoms with Crippen LogP contribution in [0.15, 0.2) is 4.42 Å². The molecule has 0 aromatic carbocycles. The molecule has 82 valence electrons. The largest absolute Gasteiger partial charge is 0.478 e. The number of furan rings is 1. The van der Waals surface area contributed by atoms with Crippen molar-refractivity contribution < 1.29 is 22.7 Å². The summed E-state index contributed by atoms with van der Waals surface area (Å²) in [5.41, 5.74) is 0.662. The average molecular weight is 230 g/mol. The fourth-order valence-electron chi connectivity index (χ4n) is 1.84. The Bertz CT molecular complexity index is 523. The first-order valence-corrected chi connectivity index (χ1v) is 6.28. The van der Waals surface area contributed by atoms with E-state index in [1.807, 2.05) is 0 Å². The molecule has 2 heterocycles. The van der Waals surface area contributed by atoms with Crippen LogP contribution in [-0.2, 0) is 22.0 Å². The maximum absolute atomic E-state index is 11.3. The predicted molar refractivity (Wildman–Crippen MR) is 51.6 cm³/mol. The molecule has 0 atom stereocenters. The summed E-state index contributed by atoms with van der Waals surface area (Å²) < 4.78 is 27.8. The Morgan fingerprint density at radius 2 is 2.13 bits per heavy atom. The molecule has 0 fully saturated rings. The molecule has 1 aromatic rings. The second-order valence-corrected chi connectivity index (χ2v) is 5.77. The van der Waals surface area contributed by atoms with E-state index in [1.165, 1.54) is 6.92 Å². The molecule has 1 aliphatic rings. The van der Waals surface area contributed by atoms with Gasteiger partial charge in [-0.1, -0.05) is 0 Å². The number of carbonyl (C=O) groups is 1. The van der Waals surface area contributed by atoms with Gasteiger partial charge >= 0.3 is 5.97 Å². The van der Waals surface area contributed by atoms with Gasteiger partial charge in [0.1, 0.15) is 22.8 Å². The standard InChI is InChI=1S/C9H10O5S/c1-5-8(9(10)11)6-2-3-15(12,13)4-7(6)14-5/h2-4H2,1H3,(H,10,11). The number of aryl methyl sites for hydroxylation is 1. The van der Waals surface area contributed by atoms with Gasteiger partial charge in [-0.3, -0.25) is 0 Å². The number of carboxylic acids is 1. The summed E-state index contributed by atoms with van der Waals surface area (Å²) in [6.07, 6.45) is 0.233. The van der Waals surface area contributed by atoms with Crippen molar-refractivity contribution in [1.29, 1.82) is 0 Å². The molecule has 0 unspecified atom stereocenters. The van der Waals surface area contributed by atoms with Gasteiger partial charge in [0, 0.05) is 5.56 Å². The number of sulfone groups is 1. The summed E-state index contributed by atoms with van der Waals surface area (Å²) in [6.45, 7) is 1.54. The van der Waals surface area contributed by atoms with E-state index in [0.29, 0.717) is 5.56 Å². The lowest BCUT2D eigenvalue weighted by molar-refractivity contribution is 0.0694. The molecule has 1 aromatic heterocycles. The van der Waals surface area contributed by atoms with Crippen molar-refractivity contribution in [2.24, 2.45) is 0 Å². The van der Waals surface area contributed by atoms with E-state index in [2.05, 4.69) is 0 Å². The summed E-state index contributed by atoms with van der Waals surface area (Å²) in [7, 11) is -3.11. The quantitative estimate of drug-likeness (QED) is 0.769. The van der Waals surface area contributed by atoms with Crippen molar-refractivity contribution in [2.45, 2.75) is 19.1 Å². The molecule has 0 amide bonds. The second-order valence-electron chi connectivity index (χ2n) is 3.58. The molecule has 0 aliphatic carbocycles. The molecule has 0 saturated carbocycles. The minimum absolute atomic E-state index is 0.000741. The predicted octanol–water partition coefficient (Wildman–Crippen LogP) is 0.757. The maximum atomic E-state index is 11.3. The normalized spacial score (nSPS) is 18.5. The van der Waals surface area contributed by atoms with Crippen molar-refractivity contribution in [3.63, 3.8) is 0 Å². The second kappa shape index (κ2) is 3.10. The van der Waals surface area contributed by atoms with Crippen LogP contribution in [0.25, 0.3) is 0 Å². The molecule has 1 aliphatic heterocycles. The smallest absolute Gasteiger partial charge is 0.339 e. The highest BCUT2D eigenvalue weighted by Gasteiger charge is 2.30. The maximum Gasteiger partial charge on any atom is 0.339 e. The van der Waals surface area contributed by atoms with Crippen LogP contribution in [-0.4, -0.2) is 25.2 Å². The molecule has 0 bridgehead atoms. The molecule has 1 N–H and O–H groups in total. The molecule has 5 nitrogen and oxygen atoms in total. The molecule has 6 heteroatoms. The molecular formula is C9H10O5S. The van der Waals surface area contributed by atoms with Crippen LogP contribution >= 0.6 is 0 Å². The van der Waals surface area contributed by atoms with E-state index in [1.54, 1.807) is 0 Å². The molecule has 15 heavy (non-hydrogen) atoms. The summed E-state index contributed by atoms with van der Waals surface area (Å²) in [4.78, 5) is 10.9. The summed E-state index contributed by atoms with van der Waals surface area (Å²) in [5.74, 6) is -0.673. The number of carboxylic acid groups (broad SMARTS) is 1. The first-order chi connectivity index (χ1) is 6.91. The third kappa shape index (κ3) is 1.65. The van der Waals surface area contributed by atoms with Crippen LogP contribution in [0.2, 0.25) is 0 Å². The minimum atomic E-state index is -3.11. The van der Waals surface area contributed by atoms with Crippen LogP contribution < -0.4 is 0 Å². The van der Waals surface area contributed by atoms with E-state index in [9.17, 15) is 13.2 Å². The molecule has 0 saturated heterocycles. The van der Waals surface area contributed by atoms with E-state index in [0.717, 1.165) is 0 Å². The Balaban J connectivity index is 2.58. The van der Waals surface area contributed by atoms with Gasteiger partial charge < -0.3 is 9.52 Å². The fraction of sp³-hybridized carbons (Fsp3) is 0.444. The third-order valence-electron chi connectivity index (χ3n) is 2.49. The third-order valence-corrected chi connectivity index (χ3v) is 4.02. The summed E-state index contributed by atoms with van der Waals surface area (Å²) in [5, 5.41) is 8.93. The van der Waals surface area contributed by atoms with Crippen LogP contribution in [0.3, 0.4) is 0 Å². The number of hydrogen-bond acceptors (Lipinski definition) is 4. The number of hydrogen-bond donors (Lipinski definition) is 1. The Morgan fingerprint density at radius 3 is 2.73 bits per heavy atom. The van der Waals surface area contributed by atoms with E-state index in [-0.39, 0.29) is 35.0 Å². The highest BCUT2D eigenvalue weighted by Crippen LogP contribution is 2.28. The lowest BCUT2D eigenvalue weighted by atomic mass is 10.1. The van der Waals surface area contributed by atoms with Crippen molar-refractivity contribution >= 4 is 15.8 Å². The molecule has 2 rings (SSSR count). The highest BCUT2D eigenvalue weighted by atomic mass is 32.2. The monoisotopic (exact) mass is 230 g/mol. The van der Waals surface area contributed by atoms with Gasteiger partial charge in [0.25, 0.3) is 0 Å². The van der Waals surface area contributed by atoms with Gasteiger partial charge in [-0.2, -0.15) is 0 Å². The molecular weight excluding hydrogens is 220 g/mol. The van der Waals surface area contributed by atoms with E-state index >= 15 is 0 Å². The number of rotatable bonds is 1. The van der Waals surface area contributed by atoms with Gasteiger partial charge in [0.2, 0.25) is 0 Å². The van der Waals surface area contributed by atoms with Gasteiger partial charge in [0.15, 0.2) is 9.84 Å². The lowest BCUT2D eigenvalue weighted by Gasteiger charge is -2.10. The summed E-state index contributed by atoms with van der Waals surface area (Å²) in [6, 6.07) is 0. The zero-order chi connectivity index (χ0) is 11.2. The number of fused-ring (bicyclic) bond motifs is 1. The Hall–Kier alpha value is -1.30. The van der Waals surface area contributed by atoms with Crippen LogP contribution in [0, 0.1) is 6.92 Å². The lowest BCUT2D eigenvalue weighted by Crippen LogP contribution is -2.19. The Morgan fingerprint density at radius 1 is 1.47 bits per heavy atom. The van der Waals surface area contributed by atoms with Gasteiger partial charge in [-0.05, 0) is 13.3 Å². The molecule has 0 spiro atoms. The van der Waals surface area contributed by atoms with E-state index in [4.69, 9.17) is 9.52 Å². The zero-order valence-electron chi connectivity index (χ0n) is 8.11. The minimum Gasteiger partial charge on any atom is -0.478 e. The Kier molecular flexibility index (Phi) is 2.11. The zero-order valence-corrected chi connectivity index (χ0v) is 8.93. The van der Waals surface area contributed by atoms with Crippen molar-refractivity contribution in [3.8, 4) is 0 Å². The fourth-order valence-corrected chi connectivity index (χ4v) is 3.13. The SMILES string of the molecule is Cc1oc2c(c1C(=O)O)CCS(=O)(=O)C2. The van der Waals surface area contributed by atoms with Crippen LogP contribution in [0.5, 0.6) is 0 Å².